The summed E-state index contributed by atoms with van der Waals surface area (Å²) in [6.07, 6.45) is -4.11. The van der Waals surface area contributed by atoms with Crippen molar-refractivity contribution in [2.24, 2.45) is 10.9 Å². The number of thiazole rings is 1. The molecule has 0 unspecified atom stereocenters. The van der Waals surface area contributed by atoms with E-state index in [9.17, 15) is 26.4 Å². The molecule has 4 N–H and O–H groups in total. The Morgan fingerprint density at radius 1 is 1.13 bits per heavy atom. The highest BCUT2D eigenvalue weighted by atomic mass is 35.5. The molecule has 0 radical (unpaired) electrons. The van der Waals surface area contributed by atoms with E-state index in [1.165, 1.54) is 24.3 Å². The smallest absolute Gasteiger partial charge is 0.369 e. The molecule has 0 spiro atoms. The second kappa shape index (κ2) is 7.99. The molecule has 0 aliphatic rings. The number of hydrogen-bond donors (Lipinski definition) is 2. The first-order chi connectivity index (χ1) is 13.9. The van der Waals surface area contributed by atoms with Crippen LogP contribution in [0.4, 0.5) is 13.2 Å². The maximum Gasteiger partial charge on any atom is 0.443 e. The van der Waals surface area contributed by atoms with Gasteiger partial charge < -0.3 is 5.73 Å². The largest absolute Gasteiger partial charge is 0.443 e. The van der Waals surface area contributed by atoms with E-state index in [4.69, 9.17) is 22.5 Å². The van der Waals surface area contributed by atoms with Crippen LogP contribution in [0.3, 0.4) is 0 Å². The van der Waals surface area contributed by atoms with E-state index < -0.39 is 32.0 Å². The number of nitrogens with zero attached hydrogens (tertiary/aromatic N) is 1. The SMILES string of the molecule is NC(=O)Cc1ccc(-c2cnc(C(F)(F)F)s2)c(S(N)(=O)=O)c1-c1ccccc1Cl. The number of sulfonamides is 1. The van der Waals surface area contributed by atoms with Crippen molar-refractivity contribution in [3.05, 3.63) is 58.2 Å². The number of primary sulfonamides is 1. The molecule has 30 heavy (non-hydrogen) atoms. The Hall–Kier alpha value is -2.47. The van der Waals surface area contributed by atoms with Gasteiger partial charge in [0.1, 0.15) is 0 Å². The van der Waals surface area contributed by atoms with Crippen LogP contribution in [0.15, 0.2) is 47.5 Å². The van der Waals surface area contributed by atoms with E-state index in [-0.39, 0.29) is 49.9 Å². The third-order valence-corrected chi connectivity index (χ3v) is 6.45. The molecule has 1 amide bonds. The normalized spacial score (nSPS) is 12.2. The molecule has 0 aliphatic carbocycles. The molecule has 1 aromatic heterocycles. The fourth-order valence-electron chi connectivity index (χ4n) is 2.94. The standard InChI is InChI=1S/C18H13ClF3N3O3S2/c19-12-4-2-1-3-10(12)15-9(7-14(23)26)5-6-11(16(15)30(24,27)28)13-8-25-17(29-13)18(20,21)22/h1-6,8H,7H2,(H2,23,26)(H2,24,27,28). The predicted octanol–water partition coefficient (Wildman–Crippen LogP) is 3.82. The molecule has 0 aliphatic heterocycles. The van der Waals surface area contributed by atoms with Crippen molar-refractivity contribution >= 4 is 38.9 Å². The van der Waals surface area contributed by atoms with E-state index in [1.807, 2.05) is 0 Å². The van der Waals surface area contributed by atoms with Crippen LogP contribution in [0, 0.1) is 0 Å². The molecule has 1 heterocycles. The summed E-state index contributed by atoms with van der Waals surface area (Å²) in [4.78, 5) is 14.3. The van der Waals surface area contributed by atoms with E-state index in [2.05, 4.69) is 4.98 Å². The van der Waals surface area contributed by atoms with Crippen LogP contribution in [0.1, 0.15) is 10.6 Å². The number of aromatic nitrogens is 1. The van der Waals surface area contributed by atoms with Crippen molar-refractivity contribution in [1.29, 1.82) is 0 Å². The Labute approximate surface area is 178 Å². The summed E-state index contributed by atoms with van der Waals surface area (Å²) < 4.78 is 64.1. The monoisotopic (exact) mass is 475 g/mol. The first-order valence-corrected chi connectivity index (χ1v) is 10.9. The maximum absolute atomic E-state index is 13.0. The van der Waals surface area contributed by atoms with Gasteiger partial charge in [0.05, 0.1) is 16.2 Å². The van der Waals surface area contributed by atoms with Gasteiger partial charge in [-0.15, -0.1) is 11.3 Å². The van der Waals surface area contributed by atoms with Crippen LogP contribution in [0.2, 0.25) is 5.02 Å². The van der Waals surface area contributed by atoms with Crippen molar-refractivity contribution in [2.75, 3.05) is 0 Å². The molecule has 0 saturated carbocycles. The van der Waals surface area contributed by atoms with Gasteiger partial charge in [-0.3, -0.25) is 4.79 Å². The minimum atomic E-state index is -4.69. The number of carbonyl (C=O) groups is 1. The second-order valence-electron chi connectivity index (χ2n) is 6.17. The first-order valence-electron chi connectivity index (χ1n) is 8.15. The quantitative estimate of drug-likeness (QED) is 0.583. The fourth-order valence-corrected chi connectivity index (χ4v) is 5.06. The predicted molar refractivity (Wildman–Crippen MR) is 107 cm³/mol. The van der Waals surface area contributed by atoms with E-state index >= 15 is 0 Å². The maximum atomic E-state index is 13.0. The lowest BCUT2D eigenvalue weighted by molar-refractivity contribution is -0.137. The molecule has 0 bridgehead atoms. The number of alkyl halides is 3. The van der Waals surface area contributed by atoms with Crippen LogP contribution in [-0.4, -0.2) is 19.3 Å². The van der Waals surface area contributed by atoms with Gasteiger partial charge in [-0.25, -0.2) is 18.5 Å². The first kappa shape index (κ1) is 22.2. The minimum Gasteiger partial charge on any atom is -0.369 e. The highest BCUT2D eigenvalue weighted by molar-refractivity contribution is 7.89. The molecule has 3 aromatic rings. The van der Waals surface area contributed by atoms with Gasteiger partial charge in [0, 0.05) is 27.9 Å². The van der Waals surface area contributed by atoms with Gasteiger partial charge in [-0.05, 0) is 11.6 Å². The third kappa shape index (κ3) is 4.48. The zero-order chi connectivity index (χ0) is 22.3. The number of rotatable bonds is 5. The van der Waals surface area contributed by atoms with E-state index in [0.717, 1.165) is 6.20 Å². The summed E-state index contributed by atoms with van der Waals surface area (Å²) in [5.41, 5.74) is 5.65. The topological polar surface area (TPSA) is 116 Å². The zero-order valence-corrected chi connectivity index (χ0v) is 17.3. The Morgan fingerprint density at radius 2 is 1.80 bits per heavy atom. The molecule has 2 aromatic carbocycles. The third-order valence-electron chi connectivity index (χ3n) is 4.05. The molecule has 0 saturated heterocycles. The highest BCUT2D eigenvalue weighted by Gasteiger charge is 2.35. The Bertz CT molecular complexity index is 1240. The van der Waals surface area contributed by atoms with Crippen LogP contribution in [-0.2, 0) is 27.4 Å². The van der Waals surface area contributed by atoms with Crippen molar-refractivity contribution in [2.45, 2.75) is 17.5 Å². The van der Waals surface area contributed by atoms with Crippen molar-refractivity contribution in [1.82, 2.24) is 4.98 Å². The number of hydrogen-bond acceptors (Lipinski definition) is 5. The Morgan fingerprint density at radius 3 is 2.33 bits per heavy atom. The van der Waals surface area contributed by atoms with E-state index in [0.29, 0.717) is 0 Å². The number of carbonyl (C=O) groups excluding carboxylic acids is 1. The summed E-state index contributed by atoms with van der Waals surface area (Å²) in [6, 6.07) is 8.88. The molecule has 6 nitrogen and oxygen atoms in total. The van der Waals surface area contributed by atoms with Crippen LogP contribution < -0.4 is 10.9 Å². The lowest BCUT2D eigenvalue weighted by Gasteiger charge is -2.17. The molecule has 3 rings (SSSR count). The van der Waals surface area contributed by atoms with Crippen molar-refractivity contribution in [3.63, 3.8) is 0 Å². The lowest BCUT2D eigenvalue weighted by atomic mass is 9.94. The van der Waals surface area contributed by atoms with Crippen LogP contribution in [0.5, 0.6) is 0 Å². The molecule has 12 heteroatoms. The van der Waals surface area contributed by atoms with Crippen molar-refractivity contribution in [3.8, 4) is 21.6 Å². The molecule has 0 atom stereocenters. The van der Waals surface area contributed by atoms with Gasteiger partial charge >= 0.3 is 6.18 Å². The van der Waals surface area contributed by atoms with Gasteiger partial charge in [0.2, 0.25) is 15.9 Å². The fraction of sp³-hybridized carbons (Fsp3) is 0.111. The number of primary amides is 1. The van der Waals surface area contributed by atoms with E-state index in [1.54, 1.807) is 12.1 Å². The lowest BCUT2D eigenvalue weighted by Crippen LogP contribution is -2.18. The summed E-state index contributed by atoms with van der Waals surface area (Å²) in [5.74, 6) is -0.742. The molecule has 158 valence electrons. The summed E-state index contributed by atoms with van der Waals surface area (Å²) in [5, 5.41) is 4.47. The highest BCUT2D eigenvalue weighted by Crippen LogP contribution is 2.43. The number of halogens is 4. The summed E-state index contributed by atoms with van der Waals surface area (Å²) in [7, 11) is -4.47. The minimum absolute atomic E-state index is 0.00126. The van der Waals surface area contributed by atoms with Gasteiger partial charge in [-0.2, -0.15) is 13.2 Å². The van der Waals surface area contributed by atoms with Crippen molar-refractivity contribution < 1.29 is 26.4 Å². The second-order valence-corrected chi connectivity index (χ2v) is 9.11. The Balaban J connectivity index is 2.41. The van der Waals surface area contributed by atoms with Crippen LogP contribution >= 0.6 is 22.9 Å². The van der Waals surface area contributed by atoms with Gasteiger partial charge in [0.15, 0.2) is 5.01 Å². The summed E-state index contributed by atoms with van der Waals surface area (Å²) in [6.45, 7) is 0. The summed E-state index contributed by atoms with van der Waals surface area (Å²) >= 11 is 6.51. The average molecular weight is 476 g/mol. The van der Waals surface area contributed by atoms with Gasteiger partial charge in [0.25, 0.3) is 0 Å². The average Bonchev–Trinajstić information content (AvgIpc) is 3.11. The van der Waals surface area contributed by atoms with Gasteiger partial charge in [-0.1, -0.05) is 41.9 Å². The number of nitrogens with two attached hydrogens (primary N) is 2. The molecular weight excluding hydrogens is 463 g/mol. The Kier molecular flexibility index (Phi) is 5.92. The van der Waals surface area contributed by atoms with Crippen LogP contribution in [0.25, 0.3) is 21.6 Å². The number of amides is 1. The number of benzene rings is 2. The molecular formula is C18H13ClF3N3O3S2. The zero-order valence-electron chi connectivity index (χ0n) is 14.9. The molecule has 0 fully saturated rings.